The van der Waals surface area contributed by atoms with Gasteiger partial charge in [0.15, 0.2) is 0 Å². The van der Waals surface area contributed by atoms with E-state index < -0.39 is 42.0 Å². The number of carboxylic acids is 1. The van der Waals surface area contributed by atoms with E-state index in [0.29, 0.717) is 0 Å². The van der Waals surface area contributed by atoms with E-state index >= 15 is 0 Å². The number of hydrogen-bond donors (Lipinski definition) is 6. The first-order chi connectivity index (χ1) is 12.7. The van der Waals surface area contributed by atoms with E-state index in [4.69, 9.17) is 5.73 Å². The predicted molar refractivity (Wildman–Crippen MR) is 98.8 cm³/mol. The minimum atomic E-state index is -1.19. The van der Waals surface area contributed by atoms with Crippen LogP contribution in [0.2, 0.25) is 0 Å². The lowest BCUT2D eigenvalue weighted by atomic mass is 10.0. The summed E-state index contributed by atoms with van der Waals surface area (Å²) >= 11 is 0. The highest BCUT2D eigenvalue weighted by atomic mass is 16.4. The van der Waals surface area contributed by atoms with Crippen LogP contribution in [0.4, 0.5) is 0 Å². The molecule has 1 aromatic heterocycles. The number of para-hydroxylation sites is 1. The van der Waals surface area contributed by atoms with Gasteiger partial charge in [0, 0.05) is 23.5 Å². The zero-order chi connectivity index (χ0) is 20.1. The monoisotopic (exact) mass is 376 g/mol. The van der Waals surface area contributed by atoms with Gasteiger partial charge in [-0.05, 0) is 25.5 Å². The van der Waals surface area contributed by atoms with Crippen molar-refractivity contribution < 1.29 is 24.6 Å². The Morgan fingerprint density at radius 1 is 1.15 bits per heavy atom. The normalized spacial score (nSPS) is 15.6. The SMILES string of the molecule is CC(NC(=O)C(N)C(C)O)C(=O)NC(Cc1c[nH]c2ccccc12)C(=O)O. The Morgan fingerprint density at radius 3 is 2.44 bits per heavy atom. The second-order valence-corrected chi connectivity index (χ2v) is 6.46. The average molecular weight is 376 g/mol. The Labute approximate surface area is 155 Å². The minimum absolute atomic E-state index is 0.0823. The van der Waals surface area contributed by atoms with Crippen molar-refractivity contribution in [2.24, 2.45) is 5.73 Å². The molecule has 0 aliphatic rings. The van der Waals surface area contributed by atoms with Crippen molar-refractivity contribution in [3.63, 3.8) is 0 Å². The number of carbonyl (C=O) groups excluding carboxylic acids is 2. The highest BCUT2D eigenvalue weighted by Crippen LogP contribution is 2.19. The number of aliphatic hydroxyl groups excluding tert-OH is 1. The largest absolute Gasteiger partial charge is 0.480 e. The molecule has 0 spiro atoms. The lowest BCUT2D eigenvalue weighted by molar-refractivity contribution is -0.142. The number of aliphatic hydroxyl groups is 1. The number of fused-ring (bicyclic) bond motifs is 1. The molecule has 0 bridgehead atoms. The van der Waals surface area contributed by atoms with Crippen molar-refractivity contribution in [3.8, 4) is 0 Å². The van der Waals surface area contributed by atoms with Gasteiger partial charge in [0.05, 0.1) is 6.10 Å². The van der Waals surface area contributed by atoms with E-state index in [0.717, 1.165) is 16.5 Å². The number of rotatable bonds is 8. The summed E-state index contributed by atoms with van der Waals surface area (Å²) in [6.45, 7) is 2.77. The molecular weight excluding hydrogens is 352 g/mol. The highest BCUT2D eigenvalue weighted by Gasteiger charge is 2.27. The van der Waals surface area contributed by atoms with Crippen LogP contribution in [0.3, 0.4) is 0 Å². The molecule has 7 N–H and O–H groups in total. The number of aliphatic carboxylic acids is 1. The molecule has 0 saturated carbocycles. The topological polar surface area (TPSA) is 158 Å². The number of nitrogens with two attached hydrogens (primary N) is 1. The quantitative estimate of drug-likeness (QED) is 0.364. The van der Waals surface area contributed by atoms with Crippen LogP contribution in [0.5, 0.6) is 0 Å². The van der Waals surface area contributed by atoms with Gasteiger partial charge in [-0.3, -0.25) is 9.59 Å². The Bertz CT molecular complexity index is 832. The Balaban J connectivity index is 2.04. The van der Waals surface area contributed by atoms with E-state index in [1.165, 1.54) is 13.8 Å². The molecule has 0 aliphatic heterocycles. The van der Waals surface area contributed by atoms with Crippen molar-refractivity contribution in [3.05, 3.63) is 36.0 Å². The first kappa shape index (κ1) is 20.4. The molecule has 1 heterocycles. The Kier molecular flexibility index (Phi) is 6.54. The van der Waals surface area contributed by atoms with Gasteiger partial charge in [0.25, 0.3) is 0 Å². The molecule has 2 rings (SSSR count). The smallest absolute Gasteiger partial charge is 0.326 e. The minimum Gasteiger partial charge on any atom is -0.480 e. The first-order valence-electron chi connectivity index (χ1n) is 8.53. The zero-order valence-electron chi connectivity index (χ0n) is 15.1. The third-order valence-electron chi connectivity index (χ3n) is 4.29. The number of benzene rings is 1. The summed E-state index contributed by atoms with van der Waals surface area (Å²) < 4.78 is 0. The fraction of sp³-hybridized carbons (Fsp3) is 0.389. The van der Waals surface area contributed by atoms with Gasteiger partial charge >= 0.3 is 5.97 Å². The molecule has 0 fully saturated rings. The average Bonchev–Trinajstić information content (AvgIpc) is 3.03. The molecule has 0 saturated heterocycles. The van der Waals surface area contributed by atoms with Crippen molar-refractivity contribution in [2.45, 2.75) is 44.5 Å². The number of aromatic amines is 1. The highest BCUT2D eigenvalue weighted by molar-refractivity contribution is 5.92. The molecule has 4 atom stereocenters. The van der Waals surface area contributed by atoms with Gasteiger partial charge in [-0.15, -0.1) is 0 Å². The van der Waals surface area contributed by atoms with Gasteiger partial charge in [0.1, 0.15) is 18.1 Å². The first-order valence-corrected chi connectivity index (χ1v) is 8.53. The molecule has 9 heteroatoms. The maximum atomic E-state index is 12.3. The molecule has 0 radical (unpaired) electrons. The fourth-order valence-electron chi connectivity index (χ4n) is 2.61. The van der Waals surface area contributed by atoms with Gasteiger partial charge < -0.3 is 31.6 Å². The number of carbonyl (C=O) groups is 3. The van der Waals surface area contributed by atoms with Crippen LogP contribution >= 0.6 is 0 Å². The number of aromatic nitrogens is 1. The van der Waals surface area contributed by atoms with Crippen molar-refractivity contribution >= 4 is 28.7 Å². The lowest BCUT2D eigenvalue weighted by Crippen LogP contribution is -2.55. The molecule has 1 aromatic carbocycles. The molecule has 27 heavy (non-hydrogen) atoms. The Hall–Kier alpha value is -2.91. The number of hydrogen-bond acceptors (Lipinski definition) is 5. The maximum Gasteiger partial charge on any atom is 0.326 e. The van der Waals surface area contributed by atoms with Gasteiger partial charge in [0.2, 0.25) is 11.8 Å². The molecule has 146 valence electrons. The van der Waals surface area contributed by atoms with E-state index in [1.54, 1.807) is 6.20 Å². The van der Waals surface area contributed by atoms with Crippen LogP contribution in [0.15, 0.2) is 30.5 Å². The zero-order valence-corrected chi connectivity index (χ0v) is 15.1. The fourth-order valence-corrected chi connectivity index (χ4v) is 2.61. The van der Waals surface area contributed by atoms with Gasteiger partial charge in [-0.1, -0.05) is 18.2 Å². The van der Waals surface area contributed by atoms with Crippen molar-refractivity contribution in [2.75, 3.05) is 0 Å². The molecule has 4 unspecified atom stereocenters. The molecule has 2 amide bonds. The van der Waals surface area contributed by atoms with Crippen molar-refractivity contribution in [1.82, 2.24) is 15.6 Å². The summed E-state index contributed by atoms with van der Waals surface area (Å²) in [6, 6.07) is 4.09. The maximum absolute atomic E-state index is 12.3. The summed E-state index contributed by atoms with van der Waals surface area (Å²) in [5.74, 6) is -2.54. The third-order valence-corrected chi connectivity index (χ3v) is 4.29. The molecule has 2 aromatic rings. The van der Waals surface area contributed by atoms with Crippen LogP contribution in [-0.4, -0.2) is 57.2 Å². The molecule has 9 nitrogen and oxygen atoms in total. The van der Waals surface area contributed by atoms with Crippen LogP contribution < -0.4 is 16.4 Å². The summed E-state index contributed by atoms with van der Waals surface area (Å²) in [5, 5.41) is 24.4. The molecular formula is C18H24N4O5. The third kappa shape index (κ3) is 5.05. The number of amides is 2. The summed E-state index contributed by atoms with van der Waals surface area (Å²) in [7, 11) is 0. The van der Waals surface area contributed by atoms with E-state index in [1.807, 2.05) is 24.3 Å². The summed E-state index contributed by atoms with van der Waals surface area (Å²) in [6.07, 6.45) is 0.715. The van der Waals surface area contributed by atoms with E-state index in [9.17, 15) is 24.6 Å². The number of carboxylic acid groups (broad SMARTS) is 1. The Morgan fingerprint density at radius 2 is 1.81 bits per heavy atom. The van der Waals surface area contributed by atoms with Crippen molar-refractivity contribution in [1.29, 1.82) is 0 Å². The van der Waals surface area contributed by atoms with Crippen LogP contribution in [0, 0.1) is 0 Å². The standard InChI is InChI=1S/C18H24N4O5/c1-9(21-17(25)15(19)10(2)23)16(24)22-14(18(26)27)7-11-8-20-13-6-4-3-5-12(11)13/h3-6,8-10,14-15,20,23H,7,19H2,1-2H3,(H,21,25)(H,22,24)(H,26,27). The second kappa shape index (κ2) is 8.65. The second-order valence-electron chi connectivity index (χ2n) is 6.46. The molecule has 0 aliphatic carbocycles. The van der Waals surface area contributed by atoms with E-state index in [-0.39, 0.29) is 6.42 Å². The van der Waals surface area contributed by atoms with Gasteiger partial charge in [-0.2, -0.15) is 0 Å². The predicted octanol–water partition coefficient (Wildman–Crippen LogP) is -0.507. The number of H-pyrrole nitrogens is 1. The van der Waals surface area contributed by atoms with Gasteiger partial charge in [-0.25, -0.2) is 4.79 Å². The number of nitrogens with one attached hydrogen (secondary N) is 3. The van der Waals surface area contributed by atoms with E-state index in [2.05, 4.69) is 15.6 Å². The van der Waals surface area contributed by atoms with Crippen LogP contribution in [0.1, 0.15) is 19.4 Å². The lowest BCUT2D eigenvalue weighted by Gasteiger charge is -2.21. The van der Waals surface area contributed by atoms with Crippen LogP contribution in [-0.2, 0) is 20.8 Å². The summed E-state index contributed by atoms with van der Waals surface area (Å²) in [4.78, 5) is 38.7. The summed E-state index contributed by atoms with van der Waals surface area (Å²) in [5.41, 5.74) is 7.14. The van der Waals surface area contributed by atoms with Crippen LogP contribution in [0.25, 0.3) is 10.9 Å².